The lowest BCUT2D eigenvalue weighted by molar-refractivity contribution is -0.0609. The molecule has 0 bridgehead atoms. The van der Waals surface area contributed by atoms with E-state index in [1.54, 1.807) is 4.90 Å². The highest BCUT2D eigenvalue weighted by atomic mass is 19.1. The predicted molar refractivity (Wildman–Crippen MR) is 83.1 cm³/mol. The Morgan fingerprint density at radius 3 is 2.96 bits per heavy atom. The number of carbonyl (C=O) groups excluding carboxylic acids is 1. The Kier molecular flexibility index (Phi) is 4.11. The number of nitriles is 1. The molecular weight excluding hydrogens is 295 g/mol. The van der Waals surface area contributed by atoms with Crippen molar-refractivity contribution in [2.75, 3.05) is 13.1 Å². The molecule has 5 heteroatoms. The lowest BCUT2D eigenvalue weighted by atomic mass is 9.69. The molecule has 3 atom stereocenters. The van der Waals surface area contributed by atoms with Gasteiger partial charge in [-0.1, -0.05) is 13.3 Å². The summed E-state index contributed by atoms with van der Waals surface area (Å²) in [5, 5.41) is 19.7. The fraction of sp³-hybridized carbons (Fsp3) is 0.556. The van der Waals surface area contributed by atoms with Crippen LogP contribution in [-0.4, -0.2) is 34.6 Å². The van der Waals surface area contributed by atoms with E-state index in [0.29, 0.717) is 25.4 Å². The number of halogens is 1. The van der Waals surface area contributed by atoms with Crippen LogP contribution < -0.4 is 0 Å². The zero-order valence-electron chi connectivity index (χ0n) is 13.3. The van der Waals surface area contributed by atoms with Crippen LogP contribution in [-0.2, 0) is 0 Å². The topological polar surface area (TPSA) is 64.3 Å². The van der Waals surface area contributed by atoms with Gasteiger partial charge in [-0.15, -0.1) is 0 Å². The smallest absolute Gasteiger partial charge is 0.254 e. The molecule has 1 aromatic rings. The standard InChI is InChI=1S/C18H21FN2O2/c1-2-18(23)5-3-4-13-10-21(11-16(13)18)17(22)14-6-12(9-20)7-15(19)8-14/h6-8,13,16,23H,2-5,10-11H2,1H3/t13-,16+,18-/m1/s1. The minimum absolute atomic E-state index is 0.0918. The van der Waals surface area contributed by atoms with Gasteiger partial charge in [0.25, 0.3) is 5.91 Å². The van der Waals surface area contributed by atoms with Crippen LogP contribution in [0.15, 0.2) is 18.2 Å². The highest BCUT2D eigenvalue weighted by Crippen LogP contribution is 2.44. The number of benzene rings is 1. The summed E-state index contributed by atoms with van der Waals surface area (Å²) >= 11 is 0. The molecule has 1 N–H and O–H groups in total. The van der Waals surface area contributed by atoms with Gasteiger partial charge in [-0.05, 0) is 43.4 Å². The molecule has 1 aromatic carbocycles. The first-order valence-corrected chi connectivity index (χ1v) is 8.19. The number of likely N-dealkylation sites (tertiary alicyclic amines) is 1. The van der Waals surface area contributed by atoms with Gasteiger partial charge in [-0.2, -0.15) is 5.26 Å². The van der Waals surface area contributed by atoms with E-state index < -0.39 is 11.4 Å². The highest BCUT2D eigenvalue weighted by Gasteiger charge is 2.48. The molecule has 2 fully saturated rings. The van der Waals surface area contributed by atoms with Gasteiger partial charge < -0.3 is 10.0 Å². The average Bonchev–Trinajstić information content (AvgIpc) is 2.99. The van der Waals surface area contributed by atoms with Gasteiger partial charge in [0, 0.05) is 24.6 Å². The second-order valence-corrected chi connectivity index (χ2v) is 6.77. The summed E-state index contributed by atoms with van der Waals surface area (Å²) in [6.45, 7) is 3.09. The Labute approximate surface area is 135 Å². The number of nitrogens with zero attached hydrogens (tertiary/aromatic N) is 2. The summed E-state index contributed by atoms with van der Waals surface area (Å²) in [4.78, 5) is 14.4. The van der Waals surface area contributed by atoms with Gasteiger partial charge in [0.1, 0.15) is 5.82 Å². The molecule has 0 aromatic heterocycles. The van der Waals surface area contributed by atoms with Gasteiger partial charge in [-0.25, -0.2) is 4.39 Å². The van der Waals surface area contributed by atoms with Crippen molar-refractivity contribution in [3.05, 3.63) is 35.1 Å². The van der Waals surface area contributed by atoms with Crippen molar-refractivity contribution in [3.63, 3.8) is 0 Å². The zero-order valence-corrected chi connectivity index (χ0v) is 13.3. The molecule has 1 amide bonds. The summed E-state index contributed by atoms with van der Waals surface area (Å²) in [5.41, 5.74) is -0.340. The fourth-order valence-corrected chi connectivity index (χ4v) is 4.19. The Bertz CT molecular complexity index is 669. The lowest BCUT2D eigenvalue weighted by Crippen LogP contribution is -2.44. The van der Waals surface area contributed by atoms with Gasteiger partial charge in [0.2, 0.25) is 0 Å². The third-order valence-electron chi connectivity index (χ3n) is 5.49. The maximum Gasteiger partial charge on any atom is 0.254 e. The summed E-state index contributed by atoms with van der Waals surface area (Å²) in [6, 6.07) is 5.60. The molecule has 1 aliphatic heterocycles. The Hall–Kier alpha value is -1.93. The van der Waals surface area contributed by atoms with Gasteiger partial charge in [0.15, 0.2) is 0 Å². The minimum atomic E-state index is -0.697. The molecule has 1 aliphatic carbocycles. The molecule has 122 valence electrons. The molecule has 3 rings (SSSR count). The van der Waals surface area contributed by atoms with E-state index >= 15 is 0 Å². The van der Waals surface area contributed by atoms with Crippen LogP contribution in [0.3, 0.4) is 0 Å². The molecule has 0 spiro atoms. The quantitative estimate of drug-likeness (QED) is 0.912. The molecule has 1 saturated heterocycles. The Morgan fingerprint density at radius 1 is 1.48 bits per heavy atom. The van der Waals surface area contributed by atoms with E-state index in [0.717, 1.165) is 25.3 Å². The van der Waals surface area contributed by atoms with E-state index in [1.165, 1.54) is 12.1 Å². The minimum Gasteiger partial charge on any atom is -0.390 e. The molecule has 4 nitrogen and oxygen atoms in total. The average molecular weight is 316 g/mol. The van der Waals surface area contributed by atoms with Gasteiger partial charge in [0.05, 0.1) is 17.2 Å². The second-order valence-electron chi connectivity index (χ2n) is 6.77. The van der Waals surface area contributed by atoms with Crippen molar-refractivity contribution in [2.45, 2.75) is 38.2 Å². The van der Waals surface area contributed by atoms with Gasteiger partial charge >= 0.3 is 0 Å². The van der Waals surface area contributed by atoms with E-state index in [1.807, 2.05) is 13.0 Å². The van der Waals surface area contributed by atoms with Crippen molar-refractivity contribution >= 4 is 5.91 Å². The third-order valence-corrected chi connectivity index (χ3v) is 5.49. The highest BCUT2D eigenvalue weighted by molar-refractivity contribution is 5.94. The molecular formula is C18H21FN2O2. The fourth-order valence-electron chi connectivity index (χ4n) is 4.19. The maximum atomic E-state index is 13.6. The molecule has 0 unspecified atom stereocenters. The molecule has 2 aliphatic rings. The number of carbonyl (C=O) groups is 1. The SMILES string of the molecule is CC[C@@]1(O)CCC[C@@H]2CN(C(=O)c3cc(F)cc(C#N)c3)C[C@@H]21. The summed E-state index contributed by atoms with van der Waals surface area (Å²) in [7, 11) is 0. The monoisotopic (exact) mass is 316 g/mol. The van der Waals surface area contributed by atoms with Crippen LogP contribution in [0.4, 0.5) is 4.39 Å². The zero-order chi connectivity index (χ0) is 16.6. The number of amides is 1. The van der Waals surface area contributed by atoms with Gasteiger partial charge in [-0.3, -0.25) is 4.79 Å². The van der Waals surface area contributed by atoms with Crippen LogP contribution in [0.5, 0.6) is 0 Å². The molecule has 1 heterocycles. The van der Waals surface area contributed by atoms with Crippen molar-refractivity contribution < 1.29 is 14.3 Å². The van der Waals surface area contributed by atoms with E-state index in [-0.39, 0.29) is 23.0 Å². The second kappa shape index (κ2) is 5.93. The first-order chi connectivity index (χ1) is 11.0. The number of hydrogen-bond acceptors (Lipinski definition) is 3. The number of fused-ring (bicyclic) bond motifs is 1. The first-order valence-electron chi connectivity index (χ1n) is 8.19. The number of rotatable bonds is 2. The van der Waals surface area contributed by atoms with E-state index in [9.17, 15) is 14.3 Å². The first kappa shape index (κ1) is 15.9. The largest absolute Gasteiger partial charge is 0.390 e. The Morgan fingerprint density at radius 2 is 2.26 bits per heavy atom. The number of hydrogen-bond donors (Lipinski definition) is 1. The van der Waals surface area contributed by atoms with Crippen LogP contribution in [0.1, 0.15) is 48.5 Å². The van der Waals surface area contributed by atoms with Crippen molar-refractivity contribution in [1.82, 2.24) is 4.90 Å². The lowest BCUT2D eigenvalue weighted by Gasteiger charge is -2.40. The van der Waals surface area contributed by atoms with Crippen LogP contribution >= 0.6 is 0 Å². The predicted octanol–water partition coefficient (Wildman–Crippen LogP) is 2.71. The van der Waals surface area contributed by atoms with Crippen molar-refractivity contribution in [1.29, 1.82) is 5.26 Å². The van der Waals surface area contributed by atoms with Crippen molar-refractivity contribution in [2.24, 2.45) is 11.8 Å². The molecule has 1 saturated carbocycles. The van der Waals surface area contributed by atoms with E-state index in [2.05, 4.69) is 0 Å². The van der Waals surface area contributed by atoms with Crippen LogP contribution in [0, 0.1) is 29.0 Å². The molecule has 23 heavy (non-hydrogen) atoms. The summed E-state index contributed by atoms with van der Waals surface area (Å²) in [6.07, 6.45) is 3.47. The number of aliphatic hydroxyl groups is 1. The Balaban J connectivity index is 1.83. The summed E-state index contributed by atoms with van der Waals surface area (Å²) < 4.78 is 13.6. The summed E-state index contributed by atoms with van der Waals surface area (Å²) in [5.74, 6) is -0.432. The van der Waals surface area contributed by atoms with Crippen LogP contribution in [0.25, 0.3) is 0 Å². The van der Waals surface area contributed by atoms with Crippen molar-refractivity contribution in [3.8, 4) is 6.07 Å². The third kappa shape index (κ3) is 2.84. The molecule has 0 radical (unpaired) electrons. The van der Waals surface area contributed by atoms with E-state index in [4.69, 9.17) is 5.26 Å². The maximum absolute atomic E-state index is 13.6. The van der Waals surface area contributed by atoms with Crippen LogP contribution in [0.2, 0.25) is 0 Å². The normalized spacial score (nSPS) is 29.9.